The van der Waals surface area contributed by atoms with Gasteiger partial charge < -0.3 is 0 Å². The van der Waals surface area contributed by atoms with Gasteiger partial charge in [0.1, 0.15) is 10.1 Å². The van der Waals surface area contributed by atoms with Crippen molar-refractivity contribution < 1.29 is 9.59 Å². The predicted octanol–water partition coefficient (Wildman–Crippen LogP) is 2.87. The zero-order chi connectivity index (χ0) is 12.7. The fourth-order valence-corrected chi connectivity index (χ4v) is 2.08. The Kier molecular flexibility index (Phi) is 2.98. The van der Waals surface area contributed by atoms with Gasteiger partial charge in [-0.05, 0) is 25.5 Å². The second-order valence-corrected chi connectivity index (χ2v) is 4.62. The van der Waals surface area contributed by atoms with Crippen LogP contribution in [-0.2, 0) is 9.59 Å². The number of amides is 2. The second kappa shape index (κ2) is 4.17. The van der Waals surface area contributed by atoms with Crippen molar-refractivity contribution >= 4 is 40.7 Å². The van der Waals surface area contributed by atoms with Crippen molar-refractivity contribution in [2.75, 3.05) is 4.90 Å². The lowest BCUT2D eigenvalue weighted by molar-refractivity contribution is -0.120. The van der Waals surface area contributed by atoms with Crippen LogP contribution in [0.1, 0.15) is 11.1 Å². The van der Waals surface area contributed by atoms with Crippen molar-refractivity contribution in [3.8, 4) is 0 Å². The van der Waals surface area contributed by atoms with Crippen LogP contribution < -0.4 is 4.90 Å². The molecular weight excluding hydrogens is 261 g/mol. The summed E-state index contributed by atoms with van der Waals surface area (Å²) in [6.45, 7) is 3.76. The van der Waals surface area contributed by atoms with E-state index in [1.54, 1.807) is 6.07 Å². The van der Waals surface area contributed by atoms with Gasteiger partial charge in [0.15, 0.2) is 0 Å². The molecule has 2 rings (SSSR count). The Balaban J connectivity index is 2.50. The van der Waals surface area contributed by atoms with Gasteiger partial charge in [0.05, 0.1) is 5.69 Å². The third-order valence-electron chi connectivity index (χ3n) is 2.57. The van der Waals surface area contributed by atoms with Crippen molar-refractivity contribution in [1.29, 1.82) is 0 Å². The molecule has 0 saturated heterocycles. The van der Waals surface area contributed by atoms with E-state index < -0.39 is 11.8 Å². The van der Waals surface area contributed by atoms with Crippen LogP contribution in [0.3, 0.4) is 0 Å². The molecule has 0 saturated carbocycles. The highest BCUT2D eigenvalue weighted by Crippen LogP contribution is 2.32. The number of aryl methyl sites for hydroxylation is 2. The molecule has 0 aliphatic carbocycles. The van der Waals surface area contributed by atoms with Crippen LogP contribution in [0, 0.1) is 13.8 Å². The summed E-state index contributed by atoms with van der Waals surface area (Å²) < 4.78 is 0. The molecule has 0 radical (unpaired) electrons. The average Bonchev–Trinajstić information content (AvgIpc) is 2.45. The highest BCUT2D eigenvalue weighted by atomic mass is 35.5. The van der Waals surface area contributed by atoms with Crippen molar-refractivity contribution in [2.45, 2.75) is 13.8 Å². The summed E-state index contributed by atoms with van der Waals surface area (Å²) in [6, 6.07) is 5.42. The monoisotopic (exact) mass is 269 g/mol. The molecule has 1 aliphatic heterocycles. The molecule has 0 atom stereocenters. The van der Waals surface area contributed by atoms with Crippen LogP contribution in [0.4, 0.5) is 5.69 Å². The van der Waals surface area contributed by atoms with E-state index in [9.17, 15) is 9.59 Å². The van der Waals surface area contributed by atoms with Gasteiger partial charge in [-0.15, -0.1) is 0 Å². The van der Waals surface area contributed by atoms with E-state index in [0.29, 0.717) is 5.69 Å². The Hall–Kier alpha value is -1.32. The normalized spacial score (nSPS) is 16.1. The number of anilines is 1. The van der Waals surface area contributed by atoms with Crippen LogP contribution in [0.2, 0.25) is 0 Å². The number of nitrogens with zero attached hydrogens (tertiary/aromatic N) is 1. The lowest BCUT2D eigenvalue weighted by Crippen LogP contribution is -2.31. The van der Waals surface area contributed by atoms with E-state index in [1.165, 1.54) is 0 Å². The largest absolute Gasteiger partial charge is 0.278 e. The Labute approximate surface area is 109 Å². The van der Waals surface area contributed by atoms with Crippen LogP contribution in [0.15, 0.2) is 28.3 Å². The van der Waals surface area contributed by atoms with Gasteiger partial charge in [-0.2, -0.15) is 0 Å². The molecule has 0 aromatic heterocycles. The zero-order valence-corrected chi connectivity index (χ0v) is 10.8. The predicted molar refractivity (Wildman–Crippen MR) is 67.1 cm³/mol. The van der Waals surface area contributed by atoms with Gasteiger partial charge in [-0.25, -0.2) is 4.90 Å². The summed E-state index contributed by atoms with van der Waals surface area (Å²) in [4.78, 5) is 24.6. The molecule has 0 N–H and O–H groups in total. The Morgan fingerprint density at radius 3 is 2.00 bits per heavy atom. The fraction of sp³-hybridized carbons (Fsp3) is 0.167. The van der Waals surface area contributed by atoms with Crippen molar-refractivity contribution in [2.24, 2.45) is 0 Å². The van der Waals surface area contributed by atoms with Crippen molar-refractivity contribution in [3.63, 3.8) is 0 Å². The second-order valence-electron chi connectivity index (χ2n) is 3.86. The smallest absolute Gasteiger partial charge is 0.267 e. The van der Waals surface area contributed by atoms with E-state index in [2.05, 4.69) is 0 Å². The molecule has 1 aromatic rings. The number of carbonyl (C=O) groups excluding carboxylic acids is 2. The van der Waals surface area contributed by atoms with Gasteiger partial charge in [0.25, 0.3) is 11.8 Å². The van der Waals surface area contributed by atoms with Crippen LogP contribution in [0.5, 0.6) is 0 Å². The number of benzene rings is 1. The molecular formula is C12H9Cl2NO2. The first kappa shape index (κ1) is 12.1. The van der Waals surface area contributed by atoms with E-state index in [-0.39, 0.29) is 10.1 Å². The molecule has 0 spiro atoms. The minimum Gasteiger partial charge on any atom is -0.267 e. The molecule has 0 bridgehead atoms. The summed E-state index contributed by atoms with van der Waals surface area (Å²) in [5.74, 6) is -1.15. The maximum absolute atomic E-state index is 11.8. The molecule has 1 aliphatic rings. The number of rotatable bonds is 1. The number of hydrogen-bond donors (Lipinski definition) is 0. The SMILES string of the molecule is Cc1ccc(N2C(=O)C(Cl)=C(Cl)C2=O)c(C)c1. The van der Waals surface area contributed by atoms with Crippen LogP contribution in [0.25, 0.3) is 0 Å². The lowest BCUT2D eigenvalue weighted by atomic mass is 10.1. The molecule has 1 aromatic carbocycles. The summed E-state index contributed by atoms with van der Waals surface area (Å²) in [7, 11) is 0. The molecule has 88 valence electrons. The number of halogens is 2. The highest BCUT2D eigenvalue weighted by molar-refractivity contribution is 6.62. The van der Waals surface area contributed by atoms with Crippen molar-refractivity contribution in [1.82, 2.24) is 0 Å². The van der Waals surface area contributed by atoms with Crippen LogP contribution in [-0.4, -0.2) is 11.8 Å². The third kappa shape index (κ3) is 1.85. The van der Waals surface area contributed by atoms with E-state index in [0.717, 1.165) is 16.0 Å². The molecule has 2 amide bonds. The van der Waals surface area contributed by atoms with Gasteiger partial charge in [0, 0.05) is 0 Å². The van der Waals surface area contributed by atoms with E-state index in [1.807, 2.05) is 26.0 Å². The van der Waals surface area contributed by atoms with Crippen LogP contribution >= 0.6 is 23.2 Å². The maximum Gasteiger partial charge on any atom is 0.278 e. The molecule has 3 nitrogen and oxygen atoms in total. The first-order chi connectivity index (χ1) is 7.93. The van der Waals surface area contributed by atoms with Gasteiger partial charge in [0.2, 0.25) is 0 Å². The third-order valence-corrected chi connectivity index (χ3v) is 3.37. The summed E-state index contributed by atoms with van der Waals surface area (Å²) >= 11 is 11.3. The number of imide groups is 1. The lowest BCUT2D eigenvalue weighted by Gasteiger charge is -2.17. The van der Waals surface area contributed by atoms with Crippen molar-refractivity contribution in [3.05, 3.63) is 39.4 Å². The maximum atomic E-state index is 11.8. The minimum atomic E-state index is -0.575. The topological polar surface area (TPSA) is 37.4 Å². The fourth-order valence-electron chi connectivity index (χ4n) is 1.75. The molecule has 17 heavy (non-hydrogen) atoms. The Morgan fingerprint density at radius 1 is 1.00 bits per heavy atom. The number of hydrogen-bond acceptors (Lipinski definition) is 2. The Morgan fingerprint density at radius 2 is 1.53 bits per heavy atom. The van der Waals surface area contributed by atoms with E-state index >= 15 is 0 Å². The van der Waals surface area contributed by atoms with Gasteiger partial charge >= 0.3 is 0 Å². The molecule has 0 unspecified atom stereocenters. The number of carbonyl (C=O) groups is 2. The summed E-state index contributed by atoms with van der Waals surface area (Å²) in [6.07, 6.45) is 0. The quantitative estimate of drug-likeness (QED) is 0.736. The van der Waals surface area contributed by atoms with E-state index in [4.69, 9.17) is 23.2 Å². The molecule has 5 heteroatoms. The molecule has 0 fully saturated rings. The average molecular weight is 270 g/mol. The standard InChI is InChI=1S/C12H9Cl2NO2/c1-6-3-4-8(7(2)5-6)15-11(16)9(13)10(14)12(15)17/h3-5H,1-2H3. The summed E-state index contributed by atoms with van der Waals surface area (Å²) in [5, 5.41) is -0.451. The summed E-state index contributed by atoms with van der Waals surface area (Å²) in [5.41, 5.74) is 2.39. The minimum absolute atomic E-state index is 0.225. The Bertz CT molecular complexity index is 540. The van der Waals surface area contributed by atoms with Gasteiger partial charge in [-0.3, -0.25) is 9.59 Å². The highest BCUT2D eigenvalue weighted by Gasteiger charge is 2.38. The van der Waals surface area contributed by atoms with Gasteiger partial charge in [-0.1, -0.05) is 40.9 Å². The zero-order valence-electron chi connectivity index (χ0n) is 9.25. The first-order valence-corrected chi connectivity index (χ1v) is 5.70. The molecule has 1 heterocycles. The first-order valence-electron chi connectivity index (χ1n) is 4.95.